The third-order valence-corrected chi connectivity index (χ3v) is 4.27. The van der Waals surface area contributed by atoms with Crippen LogP contribution in [0.25, 0.3) is 22.0 Å². The minimum atomic E-state index is -0.327. The summed E-state index contributed by atoms with van der Waals surface area (Å²) in [4.78, 5) is 3.98. The highest BCUT2D eigenvalue weighted by Crippen LogP contribution is 2.35. The molecule has 1 fully saturated rings. The molecule has 4 rings (SSSR count). The standard InChI is InChI=1S/C17H17FN4O/c18-16-12(11-4-6-20-7-5-11)9-14(19)13-10-21-22(17(13)16)15-3-1-2-8-23-15/h4-7,9-10,15H,1-3,8,19H2. The number of hydrogen-bond donors (Lipinski definition) is 1. The van der Waals surface area contributed by atoms with Gasteiger partial charge in [0, 0.05) is 35.6 Å². The number of nitrogens with two attached hydrogens (primary N) is 1. The second-order valence-corrected chi connectivity index (χ2v) is 5.74. The van der Waals surface area contributed by atoms with Crippen LogP contribution in [0.5, 0.6) is 0 Å². The Bertz CT molecular complexity index is 841. The number of hydrogen-bond acceptors (Lipinski definition) is 4. The Kier molecular flexibility index (Phi) is 3.46. The summed E-state index contributed by atoms with van der Waals surface area (Å²) in [5, 5.41) is 4.95. The fourth-order valence-electron chi connectivity index (χ4n) is 3.09. The van der Waals surface area contributed by atoms with Gasteiger partial charge in [-0.05, 0) is 43.0 Å². The second kappa shape index (κ2) is 5.62. The quantitative estimate of drug-likeness (QED) is 0.735. The molecular weight excluding hydrogens is 295 g/mol. The van der Waals surface area contributed by atoms with Crippen molar-refractivity contribution in [3.8, 4) is 11.1 Å². The van der Waals surface area contributed by atoms with Gasteiger partial charge >= 0.3 is 0 Å². The lowest BCUT2D eigenvalue weighted by Gasteiger charge is -2.23. The predicted octanol–water partition coefficient (Wildman–Crippen LogP) is 3.52. The fourth-order valence-corrected chi connectivity index (χ4v) is 3.09. The Morgan fingerprint density at radius 1 is 1.26 bits per heavy atom. The second-order valence-electron chi connectivity index (χ2n) is 5.74. The SMILES string of the molecule is Nc1cc(-c2ccncc2)c(F)c2c1cnn2C1CCCCO1. The number of rotatable bonds is 2. The average molecular weight is 312 g/mol. The van der Waals surface area contributed by atoms with Crippen LogP contribution >= 0.6 is 0 Å². The first-order chi connectivity index (χ1) is 11.3. The van der Waals surface area contributed by atoms with E-state index in [1.54, 1.807) is 41.5 Å². The maximum absolute atomic E-state index is 15.2. The number of pyridine rings is 1. The monoisotopic (exact) mass is 312 g/mol. The van der Waals surface area contributed by atoms with Crippen molar-refractivity contribution in [2.45, 2.75) is 25.5 Å². The van der Waals surface area contributed by atoms with Crippen LogP contribution in [-0.4, -0.2) is 21.4 Å². The van der Waals surface area contributed by atoms with E-state index < -0.39 is 0 Å². The van der Waals surface area contributed by atoms with Crippen molar-refractivity contribution in [3.63, 3.8) is 0 Å². The summed E-state index contributed by atoms with van der Waals surface area (Å²) >= 11 is 0. The van der Waals surface area contributed by atoms with Gasteiger partial charge in [0.2, 0.25) is 0 Å². The molecule has 1 aromatic carbocycles. The Hall–Kier alpha value is -2.47. The molecule has 1 atom stereocenters. The highest BCUT2D eigenvalue weighted by Gasteiger charge is 2.23. The third kappa shape index (κ3) is 2.35. The molecule has 1 saturated heterocycles. The molecule has 0 bridgehead atoms. The van der Waals surface area contributed by atoms with E-state index in [4.69, 9.17) is 10.5 Å². The van der Waals surface area contributed by atoms with Crippen LogP contribution < -0.4 is 5.73 Å². The molecule has 5 nitrogen and oxygen atoms in total. The number of fused-ring (bicyclic) bond motifs is 1. The van der Waals surface area contributed by atoms with E-state index in [0.29, 0.717) is 28.8 Å². The number of nitrogens with zero attached hydrogens (tertiary/aromatic N) is 3. The number of benzene rings is 1. The summed E-state index contributed by atoms with van der Waals surface area (Å²) in [6, 6.07) is 5.18. The molecule has 2 aromatic heterocycles. The Morgan fingerprint density at radius 2 is 2.09 bits per heavy atom. The van der Waals surface area contributed by atoms with Gasteiger partial charge in [0.05, 0.1) is 6.20 Å². The van der Waals surface area contributed by atoms with Gasteiger partial charge in [-0.25, -0.2) is 9.07 Å². The van der Waals surface area contributed by atoms with Gasteiger partial charge in [-0.3, -0.25) is 4.98 Å². The predicted molar refractivity (Wildman–Crippen MR) is 86.2 cm³/mol. The van der Waals surface area contributed by atoms with Crippen molar-refractivity contribution in [1.82, 2.24) is 14.8 Å². The van der Waals surface area contributed by atoms with Crippen molar-refractivity contribution in [3.05, 3.63) is 42.6 Å². The van der Waals surface area contributed by atoms with Gasteiger partial charge in [0.1, 0.15) is 5.52 Å². The van der Waals surface area contributed by atoms with Crippen LogP contribution in [0.15, 0.2) is 36.8 Å². The molecule has 0 spiro atoms. The summed E-state index contributed by atoms with van der Waals surface area (Å²) in [7, 11) is 0. The molecule has 0 aliphatic carbocycles. The maximum atomic E-state index is 15.2. The van der Waals surface area contributed by atoms with E-state index in [1.807, 2.05) is 0 Å². The summed E-state index contributed by atoms with van der Waals surface area (Å²) < 4.78 is 22.6. The van der Waals surface area contributed by atoms with Crippen molar-refractivity contribution in [2.24, 2.45) is 0 Å². The van der Waals surface area contributed by atoms with E-state index in [0.717, 1.165) is 24.8 Å². The van der Waals surface area contributed by atoms with Gasteiger partial charge in [0.25, 0.3) is 0 Å². The maximum Gasteiger partial charge on any atom is 0.157 e. The Balaban J connectivity index is 1.92. The van der Waals surface area contributed by atoms with Gasteiger partial charge in [-0.1, -0.05) is 0 Å². The van der Waals surface area contributed by atoms with Gasteiger partial charge < -0.3 is 10.5 Å². The minimum absolute atomic E-state index is 0.233. The van der Waals surface area contributed by atoms with E-state index in [1.165, 1.54) is 0 Å². The molecule has 1 unspecified atom stereocenters. The number of anilines is 1. The fraction of sp³-hybridized carbons (Fsp3) is 0.294. The molecular formula is C17H17FN4O. The van der Waals surface area contributed by atoms with Gasteiger partial charge in [-0.2, -0.15) is 5.10 Å². The smallest absolute Gasteiger partial charge is 0.157 e. The molecule has 23 heavy (non-hydrogen) atoms. The van der Waals surface area contributed by atoms with Crippen LogP contribution in [0.1, 0.15) is 25.5 Å². The van der Waals surface area contributed by atoms with Gasteiger partial charge in [-0.15, -0.1) is 0 Å². The lowest BCUT2D eigenvalue weighted by atomic mass is 10.0. The first kappa shape index (κ1) is 14.1. The molecule has 3 heterocycles. The molecule has 118 valence electrons. The van der Waals surface area contributed by atoms with Crippen molar-refractivity contribution in [1.29, 1.82) is 0 Å². The van der Waals surface area contributed by atoms with Crippen molar-refractivity contribution in [2.75, 3.05) is 12.3 Å². The first-order valence-electron chi connectivity index (χ1n) is 7.73. The molecule has 1 aliphatic rings. The third-order valence-electron chi connectivity index (χ3n) is 4.27. The number of aromatic nitrogens is 3. The lowest BCUT2D eigenvalue weighted by Crippen LogP contribution is -2.19. The van der Waals surface area contributed by atoms with Crippen molar-refractivity contribution < 1.29 is 9.13 Å². The van der Waals surface area contributed by atoms with E-state index in [9.17, 15) is 0 Å². The molecule has 1 aliphatic heterocycles. The summed E-state index contributed by atoms with van der Waals surface area (Å²) in [6.45, 7) is 0.674. The highest BCUT2D eigenvalue weighted by atomic mass is 19.1. The Labute approximate surface area is 132 Å². The zero-order valence-electron chi connectivity index (χ0n) is 12.6. The number of halogens is 1. The van der Waals surface area contributed by atoms with Crippen LogP contribution in [0.2, 0.25) is 0 Å². The van der Waals surface area contributed by atoms with Crippen molar-refractivity contribution >= 4 is 16.6 Å². The average Bonchev–Trinajstić information content (AvgIpc) is 3.06. The lowest BCUT2D eigenvalue weighted by molar-refractivity contribution is -0.0369. The summed E-state index contributed by atoms with van der Waals surface area (Å²) in [5.74, 6) is -0.327. The molecule has 2 N–H and O–H groups in total. The number of ether oxygens (including phenoxy) is 1. The van der Waals surface area contributed by atoms with E-state index in [2.05, 4.69) is 10.1 Å². The van der Waals surface area contributed by atoms with E-state index >= 15 is 4.39 Å². The zero-order valence-corrected chi connectivity index (χ0v) is 12.6. The van der Waals surface area contributed by atoms with E-state index in [-0.39, 0.29) is 12.0 Å². The largest absolute Gasteiger partial charge is 0.398 e. The molecule has 0 amide bonds. The molecule has 6 heteroatoms. The summed E-state index contributed by atoms with van der Waals surface area (Å²) in [6.07, 6.45) is 7.56. The first-order valence-corrected chi connectivity index (χ1v) is 7.73. The molecule has 0 radical (unpaired) electrons. The minimum Gasteiger partial charge on any atom is -0.398 e. The number of nitrogen functional groups attached to an aromatic ring is 1. The molecule has 3 aromatic rings. The highest BCUT2D eigenvalue weighted by molar-refractivity contribution is 5.95. The van der Waals surface area contributed by atoms with Gasteiger partial charge in [0.15, 0.2) is 12.0 Å². The Morgan fingerprint density at radius 3 is 2.83 bits per heavy atom. The normalized spacial score (nSPS) is 18.4. The van der Waals surface area contributed by atoms with Crippen LogP contribution in [0.3, 0.4) is 0 Å². The van der Waals surface area contributed by atoms with Crippen LogP contribution in [0.4, 0.5) is 10.1 Å². The van der Waals surface area contributed by atoms with Crippen LogP contribution in [0, 0.1) is 5.82 Å². The summed E-state index contributed by atoms with van der Waals surface area (Å²) in [5.41, 5.74) is 8.24. The molecule has 0 saturated carbocycles. The zero-order chi connectivity index (χ0) is 15.8. The van der Waals surface area contributed by atoms with Crippen LogP contribution in [-0.2, 0) is 4.74 Å². The topological polar surface area (TPSA) is 66.0 Å².